The van der Waals surface area contributed by atoms with Crippen molar-refractivity contribution in [3.05, 3.63) is 0 Å². The molecule has 0 aliphatic heterocycles. The van der Waals surface area contributed by atoms with E-state index in [-0.39, 0.29) is 12.0 Å². The van der Waals surface area contributed by atoms with Crippen molar-refractivity contribution < 1.29 is 14.3 Å². The summed E-state index contributed by atoms with van der Waals surface area (Å²) in [4.78, 5) is 11.4. The lowest BCUT2D eigenvalue weighted by Crippen LogP contribution is -2.40. The van der Waals surface area contributed by atoms with Gasteiger partial charge in [0, 0.05) is 20.8 Å². The summed E-state index contributed by atoms with van der Waals surface area (Å²) in [6.07, 6.45) is 2.53. The number of hydrogen-bond acceptors (Lipinski definition) is 4. The highest BCUT2D eigenvalue weighted by Crippen LogP contribution is 2.27. The summed E-state index contributed by atoms with van der Waals surface area (Å²) in [6.45, 7) is 2.33. The molecule has 0 bridgehead atoms. The Labute approximate surface area is 96.9 Å². The molecule has 0 heterocycles. The maximum absolute atomic E-state index is 11.4. The van der Waals surface area contributed by atoms with Gasteiger partial charge in [-0.1, -0.05) is 0 Å². The zero-order valence-electron chi connectivity index (χ0n) is 10.1. The van der Waals surface area contributed by atoms with Crippen LogP contribution in [0.25, 0.3) is 0 Å². The van der Waals surface area contributed by atoms with Gasteiger partial charge in [0.25, 0.3) is 0 Å². The van der Waals surface area contributed by atoms with Crippen LogP contribution in [-0.2, 0) is 14.3 Å². The number of carbonyl (C=O) groups excluding carboxylic acids is 1. The van der Waals surface area contributed by atoms with E-state index in [0.717, 1.165) is 12.5 Å². The van der Waals surface area contributed by atoms with Gasteiger partial charge in [-0.15, -0.1) is 0 Å². The van der Waals surface area contributed by atoms with E-state index in [1.165, 1.54) is 12.8 Å². The number of amides is 1. The first-order valence-electron chi connectivity index (χ1n) is 5.75. The zero-order valence-corrected chi connectivity index (χ0v) is 10.1. The second kappa shape index (κ2) is 7.60. The van der Waals surface area contributed by atoms with Crippen LogP contribution in [0.5, 0.6) is 0 Å². The molecule has 0 aromatic rings. The third-order valence-electron chi connectivity index (χ3n) is 2.63. The first-order chi connectivity index (χ1) is 7.76. The Morgan fingerprint density at radius 3 is 2.75 bits per heavy atom. The summed E-state index contributed by atoms with van der Waals surface area (Å²) in [5.74, 6) is 0.812. The molecule has 0 radical (unpaired) electrons. The molecule has 5 heteroatoms. The largest absolute Gasteiger partial charge is 0.382 e. The third-order valence-corrected chi connectivity index (χ3v) is 2.63. The zero-order chi connectivity index (χ0) is 11.8. The fourth-order valence-electron chi connectivity index (χ4n) is 1.40. The van der Waals surface area contributed by atoms with E-state index >= 15 is 0 Å². The monoisotopic (exact) mass is 230 g/mol. The summed E-state index contributed by atoms with van der Waals surface area (Å²) in [5, 5.41) is 5.94. The molecule has 0 saturated heterocycles. The lowest BCUT2D eigenvalue weighted by molar-refractivity contribution is -0.121. The van der Waals surface area contributed by atoms with Gasteiger partial charge in [0.2, 0.25) is 5.91 Å². The molecule has 1 fully saturated rings. The van der Waals surface area contributed by atoms with Crippen LogP contribution in [0, 0.1) is 5.92 Å². The van der Waals surface area contributed by atoms with Gasteiger partial charge < -0.3 is 20.1 Å². The molecule has 16 heavy (non-hydrogen) atoms. The van der Waals surface area contributed by atoms with E-state index < -0.39 is 0 Å². The fraction of sp³-hybridized carbons (Fsp3) is 0.909. The van der Waals surface area contributed by atoms with Crippen molar-refractivity contribution in [1.82, 2.24) is 10.6 Å². The van der Waals surface area contributed by atoms with Gasteiger partial charge in [0.05, 0.1) is 19.3 Å². The van der Waals surface area contributed by atoms with Gasteiger partial charge in [0.1, 0.15) is 0 Å². The Balaban J connectivity index is 1.98. The van der Waals surface area contributed by atoms with E-state index in [4.69, 9.17) is 9.47 Å². The van der Waals surface area contributed by atoms with Crippen molar-refractivity contribution in [2.45, 2.75) is 18.9 Å². The van der Waals surface area contributed by atoms with E-state index in [9.17, 15) is 4.79 Å². The lowest BCUT2D eigenvalue weighted by Gasteiger charge is -2.15. The number of carbonyl (C=O) groups is 1. The number of ether oxygens (including phenoxy) is 2. The first kappa shape index (κ1) is 13.4. The summed E-state index contributed by atoms with van der Waals surface area (Å²) in [7, 11) is 3.23. The highest BCUT2D eigenvalue weighted by molar-refractivity contribution is 5.77. The molecule has 1 atom stereocenters. The molecule has 0 aromatic carbocycles. The summed E-state index contributed by atoms with van der Waals surface area (Å²) in [6, 6.07) is 0. The SMILES string of the molecule is COCC(CNC(=O)CNCC1CC1)OC. The van der Waals surface area contributed by atoms with Crippen LogP contribution in [0.1, 0.15) is 12.8 Å². The number of nitrogens with one attached hydrogen (secondary N) is 2. The maximum atomic E-state index is 11.4. The lowest BCUT2D eigenvalue weighted by atomic mass is 10.3. The van der Waals surface area contributed by atoms with Crippen molar-refractivity contribution >= 4 is 5.91 Å². The van der Waals surface area contributed by atoms with Crippen LogP contribution in [0.15, 0.2) is 0 Å². The van der Waals surface area contributed by atoms with E-state index in [1.54, 1.807) is 14.2 Å². The van der Waals surface area contributed by atoms with Gasteiger partial charge >= 0.3 is 0 Å². The standard InChI is InChI=1S/C11H22N2O3/c1-15-8-10(16-2)6-13-11(14)7-12-5-9-3-4-9/h9-10,12H,3-8H2,1-2H3,(H,13,14). The molecule has 5 nitrogen and oxygen atoms in total. The molecule has 0 aromatic heterocycles. The average molecular weight is 230 g/mol. The third kappa shape index (κ3) is 6.05. The molecule has 0 spiro atoms. The molecule has 1 aliphatic carbocycles. The van der Waals surface area contributed by atoms with Gasteiger partial charge in [-0.2, -0.15) is 0 Å². The summed E-state index contributed by atoms with van der Waals surface area (Å²) in [5.41, 5.74) is 0. The van der Waals surface area contributed by atoms with Crippen molar-refractivity contribution in [3.63, 3.8) is 0 Å². The molecule has 1 amide bonds. The minimum absolute atomic E-state index is 0.0128. The van der Waals surface area contributed by atoms with Crippen molar-refractivity contribution in [3.8, 4) is 0 Å². The smallest absolute Gasteiger partial charge is 0.234 e. The molecular weight excluding hydrogens is 208 g/mol. The molecule has 1 saturated carbocycles. The Bertz CT molecular complexity index is 207. The Morgan fingerprint density at radius 2 is 2.19 bits per heavy atom. The molecule has 1 aliphatic rings. The fourth-order valence-corrected chi connectivity index (χ4v) is 1.40. The van der Waals surface area contributed by atoms with Crippen molar-refractivity contribution in [2.24, 2.45) is 5.92 Å². The van der Waals surface area contributed by atoms with E-state index in [0.29, 0.717) is 19.7 Å². The number of methoxy groups -OCH3 is 2. The van der Waals surface area contributed by atoms with Crippen LogP contribution in [-0.4, -0.2) is 52.5 Å². The predicted molar refractivity (Wildman–Crippen MR) is 61.3 cm³/mol. The Morgan fingerprint density at radius 1 is 1.44 bits per heavy atom. The number of rotatable bonds is 9. The predicted octanol–water partition coefficient (Wildman–Crippen LogP) is -0.236. The van der Waals surface area contributed by atoms with Gasteiger partial charge in [-0.05, 0) is 25.3 Å². The Hall–Kier alpha value is -0.650. The van der Waals surface area contributed by atoms with Gasteiger partial charge in [-0.3, -0.25) is 4.79 Å². The molecular formula is C11H22N2O3. The van der Waals surface area contributed by atoms with Crippen LogP contribution >= 0.6 is 0 Å². The van der Waals surface area contributed by atoms with Crippen LogP contribution in [0.4, 0.5) is 0 Å². The minimum atomic E-state index is -0.0719. The normalized spacial score (nSPS) is 17.1. The van der Waals surface area contributed by atoms with Gasteiger partial charge in [-0.25, -0.2) is 0 Å². The van der Waals surface area contributed by atoms with Crippen LogP contribution < -0.4 is 10.6 Å². The van der Waals surface area contributed by atoms with Crippen molar-refractivity contribution in [1.29, 1.82) is 0 Å². The van der Waals surface area contributed by atoms with Crippen LogP contribution in [0.2, 0.25) is 0 Å². The van der Waals surface area contributed by atoms with Gasteiger partial charge in [0.15, 0.2) is 0 Å². The molecule has 94 valence electrons. The van der Waals surface area contributed by atoms with E-state index in [2.05, 4.69) is 10.6 Å². The minimum Gasteiger partial charge on any atom is -0.382 e. The van der Waals surface area contributed by atoms with Crippen molar-refractivity contribution in [2.75, 3.05) is 40.5 Å². The second-order valence-corrected chi connectivity index (χ2v) is 4.19. The average Bonchev–Trinajstić information content (AvgIpc) is 3.08. The first-order valence-corrected chi connectivity index (χ1v) is 5.75. The highest BCUT2D eigenvalue weighted by Gasteiger charge is 2.20. The maximum Gasteiger partial charge on any atom is 0.234 e. The van der Waals surface area contributed by atoms with Crippen LogP contribution in [0.3, 0.4) is 0 Å². The summed E-state index contributed by atoms with van der Waals surface area (Å²) >= 11 is 0. The van der Waals surface area contributed by atoms with E-state index in [1.807, 2.05) is 0 Å². The number of hydrogen-bond donors (Lipinski definition) is 2. The quantitative estimate of drug-likeness (QED) is 0.574. The summed E-state index contributed by atoms with van der Waals surface area (Å²) < 4.78 is 10.1. The highest BCUT2D eigenvalue weighted by atomic mass is 16.5. The second-order valence-electron chi connectivity index (χ2n) is 4.19. The molecule has 1 rings (SSSR count). The Kier molecular flexibility index (Phi) is 6.37. The topological polar surface area (TPSA) is 59.6 Å². The molecule has 2 N–H and O–H groups in total. The molecule has 1 unspecified atom stereocenters.